The fourth-order valence-corrected chi connectivity index (χ4v) is 11.6. The summed E-state index contributed by atoms with van der Waals surface area (Å²) in [5.74, 6) is 0.104. The van der Waals surface area contributed by atoms with Crippen LogP contribution in [0.15, 0.2) is 273 Å². The minimum atomic E-state index is -0.489. The molecule has 69 heavy (non-hydrogen) atoms. The molecule has 0 fully saturated rings. The summed E-state index contributed by atoms with van der Waals surface area (Å²) >= 11 is 0. The van der Waals surface area contributed by atoms with Gasteiger partial charge in [-0.3, -0.25) is 0 Å². The van der Waals surface area contributed by atoms with Gasteiger partial charge in [-0.1, -0.05) is 218 Å². The number of nitrogens with one attached hydrogen (secondary N) is 1. The highest BCUT2D eigenvalue weighted by atomic mass is 15.2. The van der Waals surface area contributed by atoms with Gasteiger partial charge >= 0.3 is 0 Å². The molecule has 10 aromatic carbocycles. The molecular weight excluding hydrogens is 833 g/mol. The van der Waals surface area contributed by atoms with Crippen LogP contribution in [0.3, 0.4) is 0 Å². The van der Waals surface area contributed by atoms with Gasteiger partial charge in [-0.15, -0.1) is 0 Å². The minimum absolute atomic E-state index is 0.104. The van der Waals surface area contributed by atoms with Crippen LogP contribution in [0.5, 0.6) is 0 Å². The van der Waals surface area contributed by atoms with Gasteiger partial charge in [0.25, 0.3) is 0 Å². The maximum atomic E-state index is 3.80. The molecule has 2 aliphatic carbocycles. The lowest BCUT2D eigenvalue weighted by atomic mass is 9.67. The monoisotopic (exact) mass is 880 g/mol. The third-order valence-corrected chi connectivity index (χ3v) is 14.7. The predicted molar refractivity (Wildman–Crippen MR) is 288 cm³/mol. The average Bonchev–Trinajstić information content (AvgIpc) is 3.93. The van der Waals surface area contributed by atoms with Crippen LogP contribution in [0.25, 0.3) is 50.1 Å². The molecule has 2 heteroatoms. The summed E-state index contributed by atoms with van der Waals surface area (Å²) in [5.41, 5.74) is 24.4. The number of rotatable bonds is 9. The standard InChI is InChI=1S/C67H48N2/c1-6-19-46(20-7-1)48-33-37-55(38-34-48)68-62-40-35-51(44-58(62)49-23-10-3-11-24-49)52-36-41-63-59(45-52)66-64(69(63)56-30-18-25-50(43-56)47-21-8-2-9-22-47)42-39-61-65(66)57-31-16-17-32-60(57)67(61,53-26-12-4-13-27-53)54-28-14-5-15-29-54/h1-44,59,68H,45H2. The Bertz CT molecular complexity index is 3540. The van der Waals surface area contributed by atoms with Crippen molar-refractivity contribution in [3.63, 3.8) is 0 Å². The van der Waals surface area contributed by atoms with Crippen LogP contribution in [0.2, 0.25) is 0 Å². The number of nitrogens with zero attached hydrogens (tertiary/aromatic N) is 1. The lowest BCUT2D eigenvalue weighted by Gasteiger charge is -2.34. The highest BCUT2D eigenvalue weighted by Crippen LogP contribution is 2.63. The van der Waals surface area contributed by atoms with Crippen molar-refractivity contribution in [2.24, 2.45) is 0 Å². The van der Waals surface area contributed by atoms with Gasteiger partial charge in [-0.25, -0.2) is 0 Å². The summed E-state index contributed by atoms with van der Waals surface area (Å²) in [5, 5.41) is 3.80. The number of hydrogen-bond acceptors (Lipinski definition) is 2. The number of fused-ring (bicyclic) bond motifs is 7. The van der Waals surface area contributed by atoms with Crippen molar-refractivity contribution >= 4 is 28.3 Å². The van der Waals surface area contributed by atoms with Crippen molar-refractivity contribution in [3.8, 4) is 44.5 Å². The van der Waals surface area contributed by atoms with Crippen LogP contribution in [0, 0.1) is 0 Å². The first-order valence-corrected chi connectivity index (χ1v) is 24.1. The van der Waals surface area contributed by atoms with Crippen LogP contribution in [0.1, 0.15) is 45.7 Å². The molecule has 1 unspecified atom stereocenters. The van der Waals surface area contributed by atoms with Crippen molar-refractivity contribution < 1.29 is 0 Å². The Labute approximate surface area is 404 Å². The number of hydrogen-bond donors (Lipinski definition) is 1. The van der Waals surface area contributed by atoms with E-state index in [1.807, 2.05) is 0 Å². The molecule has 1 aliphatic heterocycles. The molecule has 10 aromatic rings. The highest BCUT2D eigenvalue weighted by Gasteiger charge is 2.50. The third-order valence-electron chi connectivity index (χ3n) is 14.7. The van der Waals surface area contributed by atoms with Crippen LogP contribution in [0.4, 0.5) is 22.7 Å². The Morgan fingerprint density at radius 2 is 0.971 bits per heavy atom. The van der Waals surface area contributed by atoms with E-state index in [1.165, 1.54) is 101 Å². The molecule has 1 heterocycles. The van der Waals surface area contributed by atoms with E-state index in [1.54, 1.807) is 0 Å². The van der Waals surface area contributed by atoms with Gasteiger partial charge in [-0.05, 0) is 133 Å². The summed E-state index contributed by atoms with van der Waals surface area (Å²) < 4.78 is 0. The normalized spacial score (nSPS) is 15.0. The van der Waals surface area contributed by atoms with E-state index < -0.39 is 5.41 Å². The SMILES string of the molecule is C1=C(c2ccc(Nc3ccc(-c4ccccc4)cc3)c(-c3ccccc3)c2)CC2C(=C1)N(c1cccc(-c3ccccc3)c1)c1ccc3c(c12)-c1ccccc1C3(c1ccccc1)c1ccccc1. The molecule has 13 rings (SSSR count). The largest absolute Gasteiger partial charge is 0.355 e. The van der Waals surface area contributed by atoms with Gasteiger partial charge in [0, 0.05) is 34.2 Å². The zero-order valence-electron chi connectivity index (χ0n) is 38.1. The molecule has 0 aromatic heterocycles. The van der Waals surface area contributed by atoms with E-state index in [9.17, 15) is 0 Å². The van der Waals surface area contributed by atoms with E-state index in [-0.39, 0.29) is 5.92 Å². The van der Waals surface area contributed by atoms with Gasteiger partial charge in [0.05, 0.1) is 11.1 Å². The maximum absolute atomic E-state index is 3.80. The molecule has 0 bridgehead atoms. The topological polar surface area (TPSA) is 15.3 Å². The van der Waals surface area contributed by atoms with Gasteiger partial charge in [0.15, 0.2) is 0 Å². The lowest BCUT2D eigenvalue weighted by molar-refractivity contribution is 0.766. The van der Waals surface area contributed by atoms with Crippen molar-refractivity contribution in [3.05, 3.63) is 306 Å². The molecule has 0 saturated heterocycles. The zero-order valence-corrected chi connectivity index (χ0v) is 38.1. The smallest absolute Gasteiger partial charge is 0.0713 e. The van der Waals surface area contributed by atoms with E-state index in [0.717, 1.165) is 17.8 Å². The molecule has 1 N–H and O–H groups in total. The summed E-state index contributed by atoms with van der Waals surface area (Å²) in [6, 6.07) is 93.4. The Kier molecular flexibility index (Phi) is 9.91. The fourth-order valence-electron chi connectivity index (χ4n) is 11.6. The first-order valence-electron chi connectivity index (χ1n) is 24.1. The van der Waals surface area contributed by atoms with E-state index in [4.69, 9.17) is 0 Å². The summed E-state index contributed by atoms with van der Waals surface area (Å²) in [6.45, 7) is 0. The minimum Gasteiger partial charge on any atom is -0.355 e. The number of benzene rings is 10. The third kappa shape index (κ3) is 6.79. The second-order valence-electron chi connectivity index (χ2n) is 18.4. The molecule has 326 valence electrons. The summed E-state index contributed by atoms with van der Waals surface area (Å²) in [6.07, 6.45) is 5.66. The van der Waals surface area contributed by atoms with E-state index >= 15 is 0 Å². The second kappa shape index (κ2) is 16.9. The molecule has 3 aliphatic rings. The van der Waals surface area contributed by atoms with Gasteiger partial charge in [0.1, 0.15) is 0 Å². The van der Waals surface area contributed by atoms with Crippen LogP contribution < -0.4 is 10.2 Å². The average molecular weight is 881 g/mol. The van der Waals surface area contributed by atoms with Crippen molar-refractivity contribution in [1.29, 1.82) is 0 Å². The molecule has 0 radical (unpaired) electrons. The first kappa shape index (κ1) is 40.5. The molecular formula is C67H48N2. The van der Waals surface area contributed by atoms with Gasteiger partial charge < -0.3 is 10.2 Å². The Morgan fingerprint density at radius 3 is 1.65 bits per heavy atom. The Balaban J connectivity index is 0.971. The van der Waals surface area contributed by atoms with Crippen molar-refractivity contribution in [2.75, 3.05) is 10.2 Å². The Morgan fingerprint density at radius 1 is 0.406 bits per heavy atom. The number of allylic oxidation sites excluding steroid dienone is 4. The van der Waals surface area contributed by atoms with Gasteiger partial charge in [0.2, 0.25) is 0 Å². The summed E-state index contributed by atoms with van der Waals surface area (Å²) in [4.78, 5) is 2.55. The van der Waals surface area contributed by atoms with Gasteiger partial charge in [-0.2, -0.15) is 0 Å². The first-order chi connectivity index (χ1) is 34.2. The van der Waals surface area contributed by atoms with E-state index in [0.29, 0.717) is 0 Å². The van der Waals surface area contributed by atoms with Crippen LogP contribution >= 0.6 is 0 Å². The quantitative estimate of drug-likeness (QED) is 0.155. The molecule has 1 atom stereocenters. The lowest BCUT2D eigenvalue weighted by Crippen LogP contribution is -2.28. The molecule has 0 saturated carbocycles. The Hall–Kier alpha value is -8.72. The highest BCUT2D eigenvalue weighted by molar-refractivity contribution is 5.97. The van der Waals surface area contributed by atoms with Crippen molar-refractivity contribution in [1.82, 2.24) is 0 Å². The molecule has 2 nitrogen and oxygen atoms in total. The molecule has 0 spiro atoms. The predicted octanol–water partition coefficient (Wildman–Crippen LogP) is 17.4. The summed E-state index contributed by atoms with van der Waals surface area (Å²) in [7, 11) is 0. The van der Waals surface area contributed by atoms with Crippen LogP contribution in [-0.4, -0.2) is 0 Å². The maximum Gasteiger partial charge on any atom is 0.0713 e. The van der Waals surface area contributed by atoms with Crippen molar-refractivity contribution in [2.45, 2.75) is 17.8 Å². The fraction of sp³-hybridized carbons (Fsp3) is 0.0448. The van der Waals surface area contributed by atoms with E-state index in [2.05, 4.69) is 277 Å². The second-order valence-corrected chi connectivity index (χ2v) is 18.4. The zero-order chi connectivity index (χ0) is 45.7. The molecule has 0 amide bonds. The number of anilines is 4. The van der Waals surface area contributed by atoms with Crippen LogP contribution in [-0.2, 0) is 5.41 Å².